The first-order valence-electron chi connectivity index (χ1n) is 3.81. The van der Waals surface area contributed by atoms with Gasteiger partial charge in [0.1, 0.15) is 5.21 Å². The van der Waals surface area contributed by atoms with Gasteiger partial charge < -0.3 is 0 Å². The molecule has 0 atom stereocenters. The summed E-state index contributed by atoms with van der Waals surface area (Å²) in [6.45, 7) is 3.17. The molecule has 92 valence electrons. The minimum absolute atomic E-state index is 0.510. The summed E-state index contributed by atoms with van der Waals surface area (Å²) in [4.78, 5) is -1.29. The second kappa shape index (κ2) is 5.80. The number of halogens is 5. The average Bonchev–Trinajstić information content (AvgIpc) is 2.01. The Morgan fingerprint density at radius 2 is 1.67 bits per heavy atom. The zero-order valence-corrected chi connectivity index (χ0v) is 12.5. The van der Waals surface area contributed by atoms with E-state index in [9.17, 15) is 8.42 Å². The van der Waals surface area contributed by atoms with E-state index in [-0.39, 0.29) is 0 Å². The maximum absolute atomic E-state index is 11.6. The van der Waals surface area contributed by atoms with E-state index in [1.165, 1.54) is 0 Å². The van der Waals surface area contributed by atoms with Gasteiger partial charge in [0.2, 0.25) is 14.5 Å². The van der Waals surface area contributed by atoms with Crippen LogP contribution in [0.15, 0.2) is 0 Å². The van der Waals surface area contributed by atoms with Gasteiger partial charge in [0, 0.05) is 6.04 Å². The topological polar surface area (TPSA) is 37.4 Å². The molecule has 0 spiro atoms. The zero-order valence-electron chi connectivity index (χ0n) is 7.92. The fourth-order valence-corrected chi connectivity index (χ4v) is 3.89. The molecule has 0 heterocycles. The van der Waals surface area contributed by atoms with E-state index in [1.807, 2.05) is 0 Å². The highest BCUT2D eigenvalue weighted by Gasteiger charge is 2.46. The first kappa shape index (κ1) is 16.4. The lowest BCUT2D eigenvalue weighted by Gasteiger charge is -2.36. The molecule has 3 nitrogen and oxygen atoms in total. The molecule has 0 aromatic carbocycles. The molecule has 0 saturated heterocycles. The second-order valence-electron chi connectivity index (χ2n) is 3.00. The molecule has 0 unspecified atom stereocenters. The Morgan fingerprint density at radius 3 is 1.87 bits per heavy atom. The molecule has 0 aromatic heterocycles. The van der Waals surface area contributed by atoms with Crippen molar-refractivity contribution in [2.24, 2.45) is 0 Å². The van der Waals surface area contributed by atoms with Gasteiger partial charge in [0.25, 0.3) is 0 Å². The molecule has 15 heavy (non-hydrogen) atoms. The van der Waals surface area contributed by atoms with Crippen LogP contribution >= 0.6 is 58.0 Å². The summed E-state index contributed by atoms with van der Waals surface area (Å²) >= 11 is 27.9. The summed E-state index contributed by atoms with van der Waals surface area (Å²) < 4.78 is 22.0. The summed E-state index contributed by atoms with van der Waals surface area (Å²) in [5, 5.41) is -0.646. The fraction of sp³-hybridized carbons (Fsp3) is 1.00. The van der Waals surface area contributed by atoms with Crippen LogP contribution in [-0.2, 0) is 10.0 Å². The summed E-state index contributed by atoms with van der Waals surface area (Å²) in [5.41, 5.74) is 0. The number of rotatable bonds is 5. The Morgan fingerprint density at radius 1 is 1.27 bits per heavy atom. The molecule has 0 aliphatic rings. The van der Waals surface area contributed by atoms with Gasteiger partial charge in [0.15, 0.2) is 4.84 Å². The SMILES string of the molecule is CC(C)N(C(Cl)(Cl)C(Cl)Cl)S(=O)(=O)CCl. The Bertz CT molecular complexity index is 303. The number of nitrogens with zero attached hydrogens (tertiary/aromatic N) is 1. The maximum Gasteiger partial charge on any atom is 0.230 e. The predicted molar refractivity (Wildman–Crippen MR) is 66.5 cm³/mol. The van der Waals surface area contributed by atoms with Crippen LogP contribution < -0.4 is 0 Å². The molecule has 0 amide bonds. The van der Waals surface area contributed by atoms with Crippen molar-refractivity contribution in [2.45, 2.75) is 29.2 Å². The molecular weight excluding hydrogens is 327 g/mol. The highest BCUT2D eigenvalue weighted by Crippen LogP contribution is 2.39. The van der Waals surface area contributed by atoms with Gasteiger partial charge in [-0.2, -0.15) is 4.31 Å². The van der Waals surface area contributed by atoms with E-state index in [0.717, 1.165) is 4.31 Å². The van der Waals surface area contributed by atoms with Crippen LogP contribution in [0.1, 0.15) is 13.8 Å². The number of alkyl halides is 5. The van der Waals surface area contributed by atoms with Crippen molar-refractivity contribution < 1.29 is 8.42 Å². The lowest BCUT2D eigenvalue weighted by Crippen LogP contribution is -2.51. The van der Waals surface area contributed by atoms with Crippen molar-refractivity contribution in [3.63, 3.8) is 0 Å². The van der Waals surface area contributed by atoms with Crippen molar-refractivity contribution in [3.8, 4) is 0 Å². The molecule has 9 heteroatoms. The third-order valence-electron chi connectivity index (χ3n) is 1.46. The van der Waals surface area contributed by atoms with Gasteiger partial charge >= 0.3 is 0 Å². The second-order valence-corrected chi connectivity index (χ2v) is 7.87. The van der Waals surface area contributed by atoms with Crippen LogP contribution in [0.5, 0.6) is 0 Å². The van der Waals surface area contributed by atoms with Crippen molar-refractivity contribution in [1.82, 2.24) is 4.31 Å². The first-order valence-corrected chi connectivity index (χ1v) is 7.58. The number of sulfonamides is 1. The predicted octanol–water partition coefficient (Wildman–Crippen LogP) is 3.16. The highest BCUT2D eigenvalue weighted by molar-refractivity contribution is 7.90. The molecular formula is C6H10Cl5NO2S. The van der Waals surface area contributed by atoms with Crippen molar-refractivity contribution in [3.05, 3.63) is 0 Å². The summed E-state index contributed by atoms with van der Waals surface area (Å²) in [5.74, 6) is 0. The minimum Gasteiger partial charge on any atom is -0.211 e. The van der Waals surface area contributed by atoms with Crippen molar-refractivity contribution in [1.29, 1.82) is 0 Å². The Balaban J connectivity index is 5.35. The molecule has 0 N–H and O–H groups in total. The van der Waals surface area contributed by atoms with Gasteiger partial charge in [-0.1, -0.05) is 23.2 Å². The van der Waals surface area contributed by atoms with Crippen LogP contribution in [0.3, 0.4) is 0 Å². The van der Waals surface area contributed by atoms with E-state index in [4.69, 9.17) is 58.0 Å². The van der Waals surface area contributed by atoms with E-state index in [2.05, 4.69) is 0 Å². The first-order chi connectivity index (χ1) is 6.57. The largest absolute Gasteiger partial charge is 0.230 e. The van der Waals surface area contributed by atoms with Gasteiger partial charge in [-0.15, -0.1) is 34.8 Å². The number of hydrogen-bond donors (Lipinski definition) is 0. The average molecular weight is 337 g/mol. The molecule has 0 bridgehead atoms. The van der Waals surface area contributed by atoms with Crippen LogP contribution in [0.4, 0.5) is 0 Å². The van der Waals surface area contributed by atoms with E-state index in [1.54, 1.807) is 13.8 Å². The standard InChI is InChI=1S/C6H10Cl5NO2S/c1-4(2)12(15(13,14)3-7)6(10,11)5(8)9/h4-5H,3H2,1-2H3. The molecule has 0 aliphatic heterocycles. The monoisotopic (exact) mass is 335 g/mol. The van der Waals surface area contributed by atoms with E-state index in [0.29, 0.717) is 0 Å². The van der Waals surface area contributed by atoms with Gasteiger partial charge in [-0.3, -0.25) is 0 Å². The molecule has 0 radical (unpaired) electrons. The van der Waals surface area contributed by atoms with E-state index >= 15 is 0 Å². The maximum atomic E-state index is 11.6. The lowest BCUT2D eigenvalue weighted by atomic mass is 10.4. The Hall–Kier alpha value is 1.36. The summed E-state index contributed by atoms with van der Waals surface area (Å²) in [6, 6.07) is -0.510. The molecule has 0 aliphatic carbocycles. The molecule has 0 saturated carbocycles. The van der Waals surface area contributed by atoms with Gasteiger partial charge in [-0.05, 0) is 13.8 Å². The normalized spacial score (nSPS) is 14.3. The van der Waals surface area contributed by atoms with Crippen LogP contribution in [0.25, 0.3) is 0 Å². The Kier molecular flexibility index (Phi) is 6.33. The fourth-order valence-electron chi connectivity index (χ4n) is 1.000. The summed E-state index contributed by atoms with van der Waals surface area (Å²) in [6.07, 6.45) is 0. The van der Waals surface area contributed by atoms with Gasteiger partial charge in [-0.25, -0.2) is 8.42 Å². The third kappa shape index (κ3) is 3.95. The molecule has 0 aromatic rings. The van der Waals surface area contributed by atoms with Crippen molar-refractivity contribution in [2.75, 3.05) is 5.21 Å². The third-order valence-corrected chi connectivity index (χ3v) is 5.95. The van der Waals surface area contributed by atoms with Crippen LogP contribution in [0, 0.1) is 0 Å². The van der Waals surface area contributed by atoms with Crippen LogP contribution in [0.2, 0.25) is 0 Å². The van der Waals surface area contributed by atoms with Gasteiger partial charge in [0.05, 0.1) is 0 Å². The zero-order chi connectivity index (χ0) is 12.4. The summed E-state index contributed by atoms with van der Waals surface area (Å²) in [7, 11) is -3.80. The smallest absolute Gasteiger partial charge is 0.211 e. The highest BCUT2D eigenvalue weighted by atomic mass is 35.5. The van der Waals surface area contributed by atoms with Crippen molar-refractivity contribution >= 4 is 68.0 Å². The molecule has 0 rings (SSSR count). The Labute approximate surface area is 115 Å². The molecule has 0 fully saturated rings. The lowest BCUT2D eigenvalue weighted by molar-refractivity contribution is 0.315. The van der Waals surface area contributed by atoms with Crippen LogP contribution in [-0.4, -0.2) is 33.3 Å². The van der Waals surface area contributed by atoms with E-state index < -0.39 is 30.6 Å². The number of hydrogen-bond acceptors (Lipinski definition) is 2. The minimum atomic E-state index is -3.80. The quantitative estimate of drug-likeness (QED) is 0.571.